The molecule has 7 nitrogen and oxygen atoms in total. The zero-order valence-electron chi connectivity index (χ0n) is 10.6. The number of fused-ring (bicyclic) bond motifs is 1. The topological polar surface area (TPSA) is 99.4 Å². The maximum atomic E-state index is 11.9. The maximum absolute atomic E-state index is 11.9. The van der Waals surface area contributed by atoms with Gasteiger partial charge >= 0.3 is 5.97 Å². The van der Waals surface area contributed by atoms with Crippen LogP contribution in [0.25, 0.3) is 10.2 Å². The molecule has 0 aromatic carbocycles. The number of anilines is 1. The Labute approximate surface area is 113 Å². The van der Waals surface area contributed by atoms with Gasteiger partial charge in [-0.25, -0.2) is 20.6 Å². The molecule has 0 aliphatic carbocycles. The predicted molar refractivity (Wildman–Crippen MR) is 72.1 cm³/mol. The lowest BCUT2D eigenvalue weighted by Crippen LogP contribution is -2.10. The van der Waals surface area contributed by atoms with E-state index < -0.39 is 0 Å². The molecule has 0 saturated carbocycles. The number of nitrogens with zero attached hydrogens (tertiary/aromatic N) is 2. The number of methoxy groups -OCH3 is 1. The van der Waals surface area contributed by atoms with Crippen molar-refractivity contribution in [1.29, 1.82) is 0 Å². The molecule has 0 radical (unpaired) electrons. The van der Waals surface area contributed by atoms with Crippen LogP contribution in [-0.4, -0.2) is 36.3 Å². The van der Waals surface area contributed by atoms with E-state index >= 15 is 0 Å². The Hall–Kier alpha value is -1.77. The summed E-state index contributed by atoms with van der Waals surface area (Å²) in [5.41, 5.74) is 3.26. The third kappa shape index (κ3) is 2.65. The minimum absolute atomic E-state index is 0.219. The number of thiophene rings is 1. The van der Waals surface area contributed by atoms with E-state index in [1.807, 2.05) is 6.92 Å². The quantitative estimate of drug-likeness (QED) is 0.366. The lowest BCUT2D eigenvalue weighted by Gasteiger charge is -2.03. The molecule has 102 valence electrons. The summed E-state index contributed by atoms with van der Waals surface area (Å²) in [6.45, 7) is 2.40. The van der Waals surface area contributed by atoms with E-state index in [4.69, 9.17) is 15.3 Å². The van der Waals surface area contributed by atoms with Crippen LogP contribution in [0.3, 0.4) is 0 Å². The Morgan fingerprint density at radius 1 is 1.47 bits per heavy atom. The highest BCUT2D eigenvalue weighted by atomic mass is 32.1. The van der Waals surface area contributed by atoms with Crippen LogP contribution in [0.1, 0.15) is 15.2 Å². The van der Waals surface area contributed by atoms with Crippen molar-refractivity contribution in [2.75, 3.05) is 25.7 Å². The van der Waals surface area contributed by atoms with Crippen molar-refractivity contribution < 1.29 is 14.3 Å². The molecule has 0 saturated heterocycles. The summed E-state index contributed by atoms with van der Waals surface area (Å²) in [6.07, 6.45) is 1.40. The smallest absolute Gasteiger partial charge is 0.348 e. The number of ether oxygens (including phenoxy) is 2. The van der Waals surface area contributed by atoms with E-state index in [0.717, 1.165) is 10.9 Å². The highest BCUT2D eigenvalue weighted by Gasteiger charge is 2.19. The summed E-state index contributed by atoms with van der Waals surface area (Å²) >= 11 is 1.26. The van der Waals surface area contributed by atoms with Gasteiger partial charge in [0.2, 0.25) is 0 Å². The number of nitrogens with one attached hydrogen (secondary N) is 1. The molecule has 0 bridgehead atoms. The maximum Gasteiger partial charge on any atom is 0.348 e. The number of aryl methyl sites for hydroxylation is 1. The normalized spacial score (nSPS) is 10.7. The van der Waals surface area contributed by atoms with Crippen molar-refractivity contribution >= 4 is 33.3 Å². The molecule has 2 rings (SSSR count). The lowest BCUT2D eigenvalue weighted by molar-refractivity contribution is 0.0393. The highest BCUT2D eigenvalue weighted by Crippen LogP contribution is 2.33. The molecule has 0 fully saturated rings. The molecule has 0 aliphatic heterocycles. The Balaban J connectivity index is 2.34. The van der Waals surface area contributed by atoms with Gasteiger partial charge in [-0.2, -0.15) is 0 Å². The third-order valence-corrected chi connectivity index (χ3v) is 3.75. The summed E-state index contributed by atoms with van der Waals surface area (Å²) in [5.74, 6) is 5.51. The second-order valence-electron chi connectivity index (χ2n) is 3.73. The van der Waals surface area contributed by atoms with Gasteiger partial charge in [-0.3, -0.25) is 0 Å². The molecule has 3 N–H and O–H groups in total. The zero-order chi connectivity index (χ0) is 13.8. The van der Waals surface area contributed by atoms with E-state index in [-0.39, 0.29) is 12.6 Å². The van der Waals surface area contributed by atoms with Gasteiger partial charge < -0.3 is 14.9 Å². The van der Waals surface area contributed by atoms with Crippen molar-refractivity contribution in [1.82, 2.24) is 9.97 Å². The van der Waals surface area contributed by atoms with Crippen LogP contribution in [0.5, 0.6) is 0 Å². The van der Waals surface area contributed by atoms with E-state index in [9.17, 15) is 4.79 Å². The van der Waals surface area contributed by atoms with Gasteiger partial charge in [0, 0.05) is 7.11 Å². The van der Waals surface area contributed by atoms with Crippen molar-refractivity contribution in [3.63, 3.8) is 0 Å². The molecule has 0 unspecified atom stereocenters. The van der Waals surface area contributed by atoms with Crippen molar-refractivity contribution in [2.24, 2.45) is 5.84 Å². The monoisotopic (exact) mass is 282 g/mol. The minimum atomic E-state index is -0.388. The number of hydrogen-bond donors (Lipinski definition) is 2. The average molecular weight is 282 g/mol. The van der Waals surface area contributed by atoms with E-state index in [1.165, 1.54) is 17.7 Å². The molecule has 0 atom stereocenters. The number of hydrazine groups is 1. The fourth-order valence-corrected chi connectivity index (χ4v) is 2.70. The van der Waals surface area contributed by atoms with Crippen LogP contribution in [-0.2, 0) is 9.47 Å². The molecule has 0 aliphatic rings. The standard InChI is InChI=1S/C11H14N4O3S/c1-6-7-9(15-12)13-5-14-10(7)19-8(6)11(16)18-4-3-17-2/h5H,3-4,12H2,1-2H3,(H,13,14,15). The SMILES string of the molecule is COCCOC(=O)c1sc2ncnc(NN)c2c1C. The first-order chi connectivity index (χ1) is 9.19. The van der Waals surface area contributed by atoms with Gasteiger partial charge in [-0.1, -0.05) is 0 Å². The number of hydrogen-bond acceptors (Lipinski definition) is 8. The third-order valence-electron chi connectivity index (χ3n) is 2.57. The summed E-state index contributed by atoms with van der Waals surface area (Å²) in [7, 11) is 1.55. The first-order valence-electron chi connectivity index (χ1n) is 5.55. The van der Waals surface area contributed by atoms with Crippen LogP contribution in [0.15, 0.2) is 6.33 Å². The number of esters is 1. The molecule has 2 heterocycles. The van der Waals surface area contributed by atoms with Crippen LogP contribution >= 0.6 is 11.3 Å². The van der Waals surface area contributed by atoms with Gasteiger partial charge in [0.25, 0.3) is 0 Å². The lowest BCUT2D eigenvalue weighted by atomic mass is 10.2. The second kappa shape index (κ2) is 5.91. The molecule has 8 heteroatoms. The Morgan fingerprint density at radius 3 is 2.95 bits per heavy atom. The van der Waals surface area contributed by atoms with Gasteiger partial charge in [-0.15, -0.1) is 11.3 Å². The van der Waals surface area contributed by atoms with Gasteiger partial charge in [0.05, 0.1) is 12.0 Å². The van der Waals surface area contributed by atoms with Crippen LogP contribution < -0.4 is 11.3 Å². The fourth-order valence-electron chi connectivity index (χ4n) is 1.66. The van der Waals surface area contributed by atoms with Crippen LogP contribution in [0.2, 0.25) is 0 Å². The molecule has 0 spiro atoms. The molecule has 19 heavy (non-hydrogen) atoms. The fraction of sp³-hybridized carbons (Fsp3) is 0.364. The number of carbonyl (C=O) groups is 1. The number of nitrogen functional groups attached to an aromatic ring is 1. The van der Waals surface area contributed by atoms with E-state index in [2.05, 4.69) is 15.4 Å². The Morgan fingerprint density at radius 2 is 2.26 bits per heavy atom. The first kappa shape index (κ1) is 13.7. The molecular formula is C11H14N4O3S. The Kier molecular flexibility index (Phi) is 4.25. The number of aromatic nitrogens is 2. The van der Waals surface area contributed by atoms with Crippen molar-refractivity contribution in [2.45, 2.75) is 6.92 Å². The minimum Gasteiger partial charge on any atom is -0.459 e. The number of rotatable bonds is 5. The van der Waals surface area contributed by atoms with E-state index in [0.29, 0.717) is 22.1 Å². The highest BCUT2D eigenvalue weighted by molar-refractivity contribution is 7.20. The van der Waals surface area contributed by atoms with Gasteiger partial charge in [0.1, 0.15) is 22.6 Å². The largest absolute Gasteiger partial charge is 0.459 e. The summed E-state index contributed by atoms with van der Waals surface area (Å²) in [5, 5.41) is 0.744. The predicted octanol–water partition coefficient (Wildman–Crippen LogP) is 1.09. The van der Waals surface area contributed by atoms with Crippen LogP contribution in [0, 0.1) is 6.92 Å². The van der Waals surface area contributed by atoms with Gasteiger partial charge in [0.15, 0.2) is 5.82 Å². The molecule has 2 aromatic rings. The van der Waals surface area contributed by atoms with E-state index in [1.54, 1.807) is 7.11 Å². The average Bonchev–Trinajstić information content (AvgIpc) is 2.76. The van der Waals surface area contributed by atoms with Crippen molar-refractivity contribution in [3.05, 3.63) is 16.8 Å². The van der Waals surface area contributed by atoms with Crippen LogP contribution in [0.4, 0.5) is 5.82 Å². The first-order valence-corrected chi connectivity index (χ1v) is 6.37. The molecule has 0 amide bonds. The summed E-state index contributed by atoms with van der Waals surface area (Å²) in [6, 6.07) is 0. The summed E-state index contributed by atoms with van der Waals surface area (Å²) < 4.78 is 9.93. The van der Waals surface area contributed by atoms with Gasteiger partial charge in [-0.05, 0) is 12.5 Å². The Bertz CT molecular complexity index is 599. The zero-order valence-corrected chi connectivity index (χ0v) is 11.4. The van der Waals surface area contributed by atoms with Crippen molar-refractivity contribution in [3.8, 4) is 0 Å². The molecular weight excluding hydrogens is 268 g/mol. The second-order valence-corrected chi connectivity index (χ2v) is 4.73. The molecule has 2 aromatic heterocycles. The number of nitrogens with two attached hydrogens (primary N) is 1. The number of carbonyl (C=O) groups excluding carboxylic acids is 1. The summed E-state index contributed by atoms with van der Waals surface area (Å²) in [4.78, 5) is 21.3.